The van der Waals surface area contributed by atoms with Gasteiger partial charge in [0, 0.05) is 19.2 Å². The fourth-order valence-corrected chi connectivity index (χ4v) is 2.44. The minimum Gasteiger partial charge on any atom is -0.408 e. The smallest absolute Gasteiger partial charge is 0.408 e. The van der Waals surface area contributed by atoms with Gasteiger partial charge in [-0.25, -0.2) is 4.79 Å². The summed E-state index contributed by atoms with van der Waals surface area (Å²) in [6, 6.07) is 14.1. The minimum absolute atomic E-state index is 0.0538. The molecule has 3 aromatic rings. The molecule has 0 aliphatic rings. The van der Waals surface area contributed by atoms with E-state index in [1.807, 2.05) is 6.07 Å². The molecule has 6 nitrogen and oxygen atoms in total. The number of Topliss-reactive ketones (excluding diaryl/α,β-unsaturated/α-hetero) is 1. The Morgan fingerprint density at radius 2 is 2.04 bits per heavy atom. The number of rotatable bonds is 5. The van der Waals surface area contributed by atoms with Crippen LogP contribution in [0.15, 0.2) is 57.9 Å². The number of carbonyl (C=O) groups excluding carboxylic acids is 1. The topological polar surface area (TPSA) is 88.9 Å². The molecule has 0 spiro atoms. The van der Waals surface area contributed by atoms with Crippen LogP contribution in [-0.2, 0) is 11.3 Å². The lowest BCUT2D eigenvalue weighted by Gasteiger charge is -2.07. The highest BCUT2D eigenvalue weighted by atomic mass is 16.4. The van der Waals surface area contributed by atoms with Crippen molar-refractivity contribution in [2.45, 2.75) is 18.9 Å². The molecule has 0 saturated carbocycles. The monoisotopic (exact) mass is 307 g/mol. The molecule has 6 heteroatoms. The Bertz CT molecular complexity index is 935. The Morgan fingerprint density at radius 1 is 1.26 bits per heavy atom. The van der Waals surface area contributed by atoms with Crippen LogP contribution in [0.5, 0.6) is 0 Å². The van der Waals surface area contributed by atoms with Crippen molar-refractivity contribution < 1.29 is 9.21 Å². The molecule has 2 aromatic heterocycles. The summed E-state index contributed by atoms with van der Waals surface area (Å²) in [7, 11) is 0. The van der Waals surface area contributed by atoms with Crippen LogP contribution in [-0.4, -0.2) is 15.3 Å². The first-order chi connectivity index (χ1) is 11.2. The largest absolute Gasteiger partial charge is 0.419 e. The van der Waals surface area contributed by atoms with Crippen molar-refractivity contribution in [2.24, 2.45) is 0 Å². The van der Waals surface area contributed by atoms with E-state index in [1.165, 1.54) is 4.57 Å². The maximum atomic E-state index is 12.3. The lowest BCUT2D eigenvalue weighted by Crippen LogP contribution is -2.19. The molecule has 0 aliphatic carbocycles. The fourth-order valence-electron chi connectivity index (χ4n) is 2.44. The maximum absolute atomic E-state index is 12.3. The first kappa shape index (κ1) is 14.7. The fraction of sp³-hybridized carbons (Fsp3) is 0.176. The van der Waals surface area contributed by atoms with Gasteiger partial charge in [0.05, 0.1) is 17.3 Å². The summed E-state index contributed by atoms with van der Waals surface area (Å²) in [5, 5.41) is 9.24. The van der Waals surface area contributed by atoms with Crippen molar-refractivity contribution in [3.63, 3.8) is 0 Å². The molecule has 0 radical (unpaired) electrons. The zero-order valence-electron chi connectivity index (χ0n) is 12.2. The van der Waals surface area contributed by atoms with Crippen LogP contribution in [0.4, 0.5) is 0 Å². The summed E-state index contributed by atoms with van der Waals surface area (Å²) in [5.74, 6) is -1.71. The second-order valence-corrected chi connectivity index (χ2v) is 5.02. The first-order valence-corrected chi connectivity index (χ1v) is 7.12. The minimum atomic E-state index is -0.926. The SMILES string of the molecule is N#C[C@H](C(=O)CCn1c(=O)oc2ccccc21)c1ccccn1. The van der Waals surface area contributed by atoms with Crippen molar-refractivity contribution in [3.8, 4) is 6.07 Å². The van der Waals surface area contributed by atoms with Gasteiger partial charge in [0.1, 0.15) is 5.92 Å². The number of aromatic nitrogens is 2. The van der Waals surface area contributed by atoms with Gasteiger partial charge in [-0.15, -0.1) is 0 Å². The summed E-state index contributed by atoms with van der Waals surface area (Å²) in [5.41, 5.74) is 1.53. The van der Waals surface area contributed by atoms with E-state index in [2.05, 4.69) is 4.98 Å². The third-order valence-corrected chi connectivity index (χ3v) is 3.59. The van der Waals surface area contributed by atoms with Crippen LogP contribution in [0.25, 0.3) is 11.1 Å². The van der Waals surface area contributed by atoms with E-state index < -0.39 is 11.7 Å². The Morgan fingerprint density at radius 3 is 2.78 bits per heavy atom. The standard InChI is InChI=1S/C17H13N3O3/c18-11-12(13-5-3-4-9-19-13)15(21)8-10-20-14-6-1-2-7-16(14)23-17(20)22/h1-7,9,12H,8,10H2/t12-/m0/s1. The summed E-state index contributed by atoms with van der Waals surface area (Å²) in [6.45, 7) is 0.166. The molecule has 3 rings (SSSR count). The van der Waals surface area contributed by atoms with E-state index in [9.17, 15) is 14.9 Å². The summed E-state index contributed by atoms with van der Waals surface area (Å²) >= 11 is 0. The Hall–Kier alpha value is -3.20. The summed E-state index contributed by atoms with van der Waals surface area (Å²) in [6.07, 6.45) is 1.60. The third-order valence-electron chi connectivity index (χ3n) is 3.59. The summed E-state index contributed by atoms with van der Waals surface area (Å²) < 4.78 is 6.52. The lowest BCUT2D eigenvalue weighted by molar-refractivity contribution is -0.119. The molecule has 1 atom stereocenters. The number of hydrogen-bond acceptors (Lipinski definition) is 5. The van der Waals surface area contributed by atoms with Gasteiger partial charge in [-0.05, 0) is 24.3 Å². The second kappa shape index (κ2) is 6.28. The van der Waals surface area contributed by atoms with Gasteiger partial charge in [0.2, 0.25) is 0 Å². The first-order valence-electron chi connectivity index (χ1n) is 7.12. The Kier molecular flexibility index (Phi) is 4.02. The van der Waals surface area contributed by atoms with Crippen LogP contribution in [0.1, 0.15) is 18.0 Å². The van der Waals surface area contributed by atoms with E-state index >= 15 is 0 Å². The number of oxazole rings is 1. The number of carbonyl (C=O) groups is 1. The van der Waals surface area contributed by atoms with E-state index in [1.54, 1.807) is 48.7 Å². The highest BCUT2D eigenvalue weighted by Gasteiger charge is 2.21. The van der Waals surface area contributed by atoms with E-state index in [0.717, 1.165) is 0 Å². The van der Waals surface area contributed by atoms with E-state index in [0.29, 0.717) is 16.8 Å². The van der Waals surface area contributed by atoms with Gasteiger partial charge in [0.25, 0.3) is 0 Å². The van der Waals surface area contributed by atoms with Gasteiger partial charge in [-0.3, -0.25) is 14.3 Å². The van der Waals surface area contributed by atoms with Crippen molar-refractivity contribution in [2.75, 3.05) is 0 Å². The number of para-hydroxylation sites is 2. The van der Waals surface area contributed by atoms with Crippen LogP contribution in [0, 0.1) is 11.3 Å². The maximum Gasteiger partial charge on any atom is 0.419 e. The Labute approximate surface area is 131 Å². The average Bonchev–Trinajstić information content (AvgIpc) is 2.90. The molecular formula is C17H13N3O3. The normalized spacial score (nSPS) is 12.0. The molecule has 0 unspecified atom stereocenters. The molecule has 0 fully saturated rings. The summed E-state index contributed by atoms with van der Waals surface area (Å²) in [4.78, 5) is 28.2. The number of benzene rings is 1. The van der Waals surface area contributed by atoms with E-state index in [-0.39, 0.29) is 18.7 Å². The van der Waals surface area contributed by atoms with Crippen molar-refractivity contribution in [3.05, 3.63) is 64.9 Å². The predicted octanol–water partition coefficient (Wildman–Crippen LogP) is 2.26. The molecule has 0 aliphatic heterocycles. The van der Waals surface area contributed by atoms with Gasteiger partial charge in [0.15, 0.2) is 11.4 Å². The van der Waals surface area contributed by atoms with Crippen LogP contribution < -0.4 is 5.76 Å². The number of ketones is 1. The molecule has 0 N–H and O–H groups in total. The number of aryl methyl sites for hydroxylation is 1. The predicted molar refractivity (Wildman–Crippen MR) is 82.7 cm³/mol. The zero-order valence-corrected chi connectivity index (χ0v) is 12.2. The lowest BCUT2D eigenvalue weighted by atomic mass is 9.99. The number of hydrogen-bond donors (Lipinski definition) is 0. The van der Waals surface area contributed by atoms with Crippen LogP contribution in [0.2, 0.25) is 0 Å². The second-order valence-electron chi connectivity index (χ2n) is 5.02. The van der Waals surface area contributed by atoms with Gasteiger partial charge >= 0.3 is 5.76 Å². The molecule has 2 heterocycles. The zero-order chi connectivity index (χ0) is 16.2. The number of nitriles is 1. The molecule has 1 aromatic carbocycles. The number of nitrogens with zero attached hydrogens (tertiary/aromatic N) is 3. The van der Waals surface area contributed by atoms with Gasteiger partial charge < -0.3 is 4.42 Å². The van der Waals surface area contributed by atoms with Crippen molar-refractivity contribution in [1.82, 2.24) is 9.55 Å². The quantitative estimate of drug-likeness (QED) is 0.721. The molecule has 114 valence electrons. The number of fused-ring (bicyclic) bond motifs is 1. The van der Waals surface area contributed by atoms with Gasteiger partial charge in [-0.1, -0.05) is 18.2 Å². The molecule has 0 saturated heterocycles. The van der Waals surface area contributed by atoms with Crippen molar-refractivity contribution >= 4 is 16.9 Å². The van der Waals surface area contributed by atoms with Crippen molar-refractivity contribution in [1.29, 1.82) is 5.26 Å². The van der Waals surface area contributed by atoms with Gasteiger partial charge in [-0.2, -0.15) is 5.26 Å². The number of pyridine rings is 1. The molecule has 0 amide bonds. The molecular weight excluding hydrogens is 294 g/mol. The average molecular weight is 307 g/mol. The highest BCUT2D eigenvalue weighted by Crippen LogP contribution is 2.17. The highest BCUT2D eigenvalue weighted by molar-refractivity contribution is 5.88. The Balaban J connectivity index is 1.79. The van der Waals surface area contributed by atoms with E-state index in [4.69, 9.17) is 4.42 Å². The van der Waals surface area contributed by atoms with Crippen LogP contribution >= 0.6 is 0 Å². The molecule has 23 heavy (non-hydrogen) atoms. The third kappa shape index (κ3) is 2.90. The molecule has 0 bridgehead atoms. The van der Waals surface area contributed by atoms with Crippen LogP contribution in [0.3, 0.4) is 0 Å².